The van der Waals surface area contributed by atoms with Gasteiger partial charge in [-0.25, -0.2) is 0 Å². The summed E-state index contributed by atoms with van der Waals surface area (Å²) in [6, 6.07) is 7.96. The van der Waals surface area contributed by atoms with Gasteiger partial charge in [0.1, 0.15) is 11.9 Å². The standard InChI is InChI=1S/C11H15NO2/c1-13-10-5-3-2-4-8(10)11-9(12)6-7-14-11/h2-5,9,11H,6-7,12H2,1H3. The number of hydrogen-bond donors (Lipinski definition) is 1. The van der Waals surface area contributed by atoms with Crippen molar-refractivity contribution in [2.75, 3.05) is 13.7 Å². The van der Waals surface area contributed by atoms with Crippen molar-refractivity contribution < 1.29 is 9.47 Å². The molecule has 0 amide bonds. The summed E-state index contributed by atoms with van der Waals surface area (Å²) >= 11 is 0. The second-order valence-corrected chi connectivity index (χ2v) is 3.49. The topological polar surface area (TPSA) is 44.5 Å². The average molecular weight is 193 g/mol. The first-order valence-corrected chi connectivity index (χ1v) is 4.83. The van der Waals surface area contributed by atoms with E-state index in [0.29, 0.717) is 0 Å². The van der Waals surface area contributed by atoms with Crippen LogP contribution in [0.15, 0.2) is 24.3 Å². The fourth-order valence-electron chi connectivity index (χ4n) is 1.83. The summed E-state index contributed by atoms with van der Waals surface area (Å²) in [5.41, 5.74) is 7.01. The van der Waals surface area contributed by atoms with Crippen LogP contribution >= 0.6 is 0 Å². The summed E-state index contributed by atoms with van der Waals surface area (Å²) in [4.78, 5) is 0. The van der Waals surface area contributed by atoms with Gasteiger partial charge in [0, 0.05) is 18.2 Å². The van der Waals surface area contributed by atoms with Crippen molar-refractivity contribution in [1.82, 2.24) is 0 Å². The van der Waals surface area contributed by atoms with Crippen molar-refractivity contribution in [1.29, 1.82) is 0 Å². The highest BCUT2D eigenvalue weighted by molar-refractivity contribution is 5.36. The fourth-order valence-corrected chi connectivity index (χ4v) is 1.83. The molecule has 0 aliphatic carbocycles. The maximum atomic E-state index is 5.95. The zero-order valence-corrected chi connectivity index (χ0v) is 8.27. The molecule has 1 aromatic carbocycles. The summed E-state index contributed by atoms with van der Waals surface area (Å²) in [6.07, 6.45) is 0.911. The molecule has 1 fully saturated rings. The van der Waals surface area contributed by atoms with Crippen LogP contribution in [0.1, 0.15) is 18.1 Å². The molecule has 0 saturated carbocycles. The highest BCUT2D eigenvalue weighted by Gasteiger charge is 2.28. The second kappa shape index (κ2) is 3.98. The maximum absolute atomic E-state index is 5.95. The highest BCUT2D eigenvalue weighted by Crippen LogP contribution is 2.33. The van der Waals surface area contributed by atoms with Crippen LogP contribution in [0.3, 0.4) is 0 Å². The number of nitrogens with two attached hydrogens (primary N) is 1. The molecule has 0 bridgehead atoms. The summed E-state index contributed by atoms with van der Waals surface area (Å²) in [7, 11) is 1.67. The number of benzene rings is 1. The van der Waals surface area contributed by atoms with E-state index in [1.54, 1.807) is 7.11 Å². The molecule has 0 spiro atoms. The molecule has 76 valence electrons. The van der Waals surface area contributed by atoms with Crippen LogP contribution < -0.4 is 10.5 Å². The molecule has 1 aliphatic heterocycles. The van der Waals surface area contributed by atoms with Crippen molar-refractivity contribution in [3.05, 3.63) is 29.8 Å². The fraction of sp³-hybridized carbons (Fsp3) is 0.455. The van der Waals surface area contributed by atoms with Crippen LogP contribution in [0, 0.1) is 0 Å². The number of ether oxygens (including phenoxy) is 2. The Labute approximate surface area is 83.8 Å². The predicted molar refractivity (Wildman–Crippen MR) is 54.3 cm³/mol. The Kier molecular flexibility index (Phi) is 2.70. The smallest absolute Gasteiger partial charge is 0.124 e. The first-order chi connectivity index (χ1) is 6.83. The molecule has 1 saturated heterocycles. The number of rotatable bonds is 2. The quantitative estimate of drug-likeness (QED) is 0.773. The third-order valence-corrected chi connectivity index (χ3v) is 2.58. The number of para-hydroxylation sites is 1. The molecule has 0 aromatic heterocycles. The average Bonchev–Trinajstić information content (AvgIpc) is 2.64. The molecular weight excluding hydrogens is 178 g/mol. The Morgan fingerprint density at radius 2 is 2.21 bits per heavy atom. The summed E-state index contributed by atoms with van der Waals surface area (Å²) in [6.45, 7) is 0.740. The lowest BCUT2D eigenvalue weighted by Crippen LogP contribution is -2.23. The molecule has 3 nitrogen and oxygen atoms in total. The molecular formula is C11H15NO2. The van der Waals surface area contributed by atoms with E-state index in [0.717, 1.165) is 24.3 Å². The molecule has 2 rings (SSSR count). The Morgan fingerprint density at radius 1 is 1.43 bits per heavy atom. The molecule has 14 heavy (non-hydrogen) atoms. The number of hydrogen-bond acceptors (Lipinski definition) is 3. The van der Waals surface area contributed by atoms with E-state index in [-0.39, 0.29) is 12.1 Å². The Bertz CT molecular complexity index is 314. The number of methoxy groups -OCH3 is 1. The Morgan fingerprint density at radius 3 is 2.86 bits per heavy atom. The molecule has 0 radical (unpaired) electrons. The summed E-state index contributed by atoms with van der Waals surface area (Å²) in [5, 5.41) is 0. The van der Waals surface area contributed by atoms with Gasteiger partial charge in [0.05, 0.1) is 7.11 Å². The van der Waals surface area contributed by atoms with Crippen LogP contribution in [-0.4, -0.2) is 19.8 Å². The van der Waals surface area contributed by atoms with E-state index in [2.05, 4.69) is 0 Å². The Balaban J connectivity index is 2.30. The molecule has 2 atom stereocenters. The van der Waals surface area contributed by atoms with E-state index >= 15 is 0 Å². The zero-order valence-electron chi connectivity index (χ0n) is 8.27. The normalized spacial score (nSPS) is 26.4. The SMILES string of the molecule is COc1ccccc1C1OCCC1N. The van der Waals surface area contributed by atoms with Crippen LogP contribution in [-0.2, 0) is 4.74 Å². The van der Waals surface area contributed by atoms with Crippen molar-refractivity contribution >= 4 is 0 Å². The first kappa shape index (κ1) is 9.49. The van der Waals surface area contributed by atoms with Gasteiger partial charge in [0.15, 0.2) is 0 Å². The molecule has 1 aliphatic rings. The van der Waals surface area contributed by atoms with Gasteiger partial charge in [-0.2, -0.15) is 0 Å². The molecule has 2 N–H and O–H groups in total. The van der Waals surface area contributed by atoms with E-state index in [1.807, 2.05) is 24.3 Å². The van der Waals surface area contributed by atoms with Gasteiger partial charge in [-0.15, -0.1) is 0 Å². The lowest BCUT2D eigenvalue weighted by molar-refractivity contribution is 0.103. The monoisotopic (exact) mass is 193 g/mol. The van der Waals surface area contributed by atoms with Gasteiger partial charge in [-0.1, -0.05) is 18.2 Å². The Hall–Kier alpha value is -1.06. The third-order valence-electron chi connectivity index (χ3n) is 2.58. The van der Waals surface area contributed by atoms with Crippen LogP contribution in [0.25, 0.3) is 0 Å². The second-order valence-electron chi connectivity index (χ2n) is 3.49. The minimum atomic E-state index is -0.00819. The van der Waals surface area contributed by atoms with Crippen molar-refractivity contribution in [2.24, 2.45) is 5.73 Å². The predicted octanol–water partition coefficient (Wildman–Crippen LogP) is 1.48. The highest BCUT2D eigenvalue weighted by atomic mass is 16.5. The molecule has 3 heteroatoms. The summed E-state index contributed by atoms with van der Waals surface area (Å²) < 4.78 is 10.9. The van der Waals surface area contributed by atoms with Gasteiger partial charge in [0.2, 0.25) is 0 Å². The van der Waals surface area contributed by atoms with E-state index < -0.39 is 0 Å². The van der Waals surface area contributed by atoms with Gasteiger partial charge >= 0.3 is 0 Å². The molecule has 1 heterocycles. The lowest BCUT2D eigenvalue weighted by atomic mass is 10.0. The minimum Gasteiger partial charge on any atom is -0.496 e. The lowest BCUT2D eigenvalue weighted by Gasteiger charge is -2.17. The molecule has 1 aromatic rings. The van der Waals surface area contributed by atoms with E-state index in [1.165, 1.54) is 0 Å². The van der Waals surface area contributed by atoms with E-state index in [9.17, 15) is 0 Å². The zero-order chi connectivity index (χ0) is 9.97. The van der Waals surface area contributed by atoms with Gasteiger partial charge < -0.3 is 15.2 Å². The van der Waals surface area contributed by atoms with Crippen molar-refractivity contribution in [3.8, 4) is 5.75 Å². The summed E-state index contributed by atoms with van der Waals surface area (Å²) in [5.74, 6) is 0.856. The van der Waals surface area contributed by atoms with Crippen molar-refractivity contribution in [2.45, 2.75) is 18.6 Å². The van der Waals surface area contributed by atoms with Crippen LogP contribution in [0.5, 0.6) is 5.75 Å². The van der Waals surface area contributed by atoms with Gasteiger partial charge in [0.25, 0.3) is 0 Å². The largest absolute Gasteiger partial charge is 0.496 e. The van der Waals surface area contributed by atoms with Gasteiger partial charge in [-0.05, 0) is 12.5 Å². The first-order valence-electron chi connectivity index (χ1n) is 4.83. The van der Waals surface area contributed by atoms with Gasteiger partial charge in [-0.3, -0.25) is 0 Å². The van der Waals surface area contributed by atoms with Crippen molar-refractivity contribution in [3.63, 3.8) is 0 Å². The maximum Gasteiger partial charge on any atom is 0.124 e. The molecule has 2 unspecified atom stereocenters. The van der Waals surface area contributed by atoms with Crippen LogP contribution in [0.4, 0.5) is 0 Å². The van der Waals surface area contributed by atoms with E-state index in [4.69, 9.17) is 15.2 Å². The minimum absolute atomic E-state index is 0.00819. The third kappa shape index (κ3) is 1.61. The van der Waals surface area contributed by atoms with Crippen LogP contribution in [0.2, 0.25) is 0 Å².